The van der Waals surface area contributed by atoms with Gasteiger partial charge in [-0.2, -0.15) is 0 Å². The first-order chi connectivity index (χ1) is 8.90. The Morgan fingerprint density at radius 1 is 1.17 bits per heavy atom. The fourth-order valence-corrected chi connectivity index (χ4v) is 3.50. The van der Waals surface area contributed by atoms with E-state index < -0.39 is 0 Å². The van der Waals surface area contributed by atoms with Crippen molar-refractivity contribution in [3.63, 3.8) is 0 Å². The average Bonchev–Trinajstić information content (AvgIpc) is 2.66. The van der Waals surface area contributed by atoms with Gasteiger partial charge < -0.3 is 10.2 Å². The van der Waals surface area contributed by atoms with Crippen molar-refractivity contribution in [1.29, 1.82) is 0 Å². The van der Waals surface area contributed by atoms with Gasteiger partial charge in [0.05, 0.1) is 0 Å². The summed E-state index contributed by atoms with van der Waals surface area (Å²) in [5, 5.41) is 3.81. The van der Waals surface area contributed by atoms with Crippen LogP contribution in [0.5, 0.6) is 0 Å². The Hall–Kier alpha value is -0.340. The van der Waals surface area contributed by atoms with E-state index in [0.29, 0.717) is 0 Å². The molecule has 1 N–H and O–H groups in total. The molecule has 1 aliphatic heterocycles. The van der Waals surface area contributed by atoms with Crippen LogP contribution in [0.3, 0.4) is 0 Å². The predicted molar refractivity (Wildman–Crippen MR) is 78.9 cm³/mol. The highest BCUT2D eigenvalue weighted by atomic mass is 15.2. The lowest BCUT2D eigenvalue weighted by Gasteiger charge is -2.32. The molecule has 2 rings (SSSR count). The number of hydrogen-bond acceptors (Lipinski definition) is 2. The summed E-state index contributed by atoms with van der Waals surface area (Å²) in [6.45, 7) is 7.15. The maximum absolute atomic E-state index is 3.81. The summed E-state index contributed by atoms with van der Waals surface area (Å²) < 4.78 is 0. The molecule has 2 fully saturated rings. The maximum Gasteiger partial charge on any atom is 0.0223 e. The molecule has 0 aromatic carbocycles. The van der Waals surface area contributed by atoms with Crippen molar-refractivity contribution in [2.75, 3.05) is 26.2 Å². The van der Waals surface area contributed by atoms with Crippen LogP contribution in [0.4, 0.5) is 0 Å². The molecular weight excluding hydrogens is 220 g/mol. The molecule has 104 valence electrons. The molecule has 0 radical (unpaired) electrons. The Labute approximate surface area is 113 Å². The van der Waals surface area contributed by atoms with E-state index in [1.54, 1.807) is 0 Å². The van der Waals surface area contributed by atoms with Gasteiger partial charge in [-0.05, 0) is 51.6 Å². The Morgan fingerprint density at radius 2 is 2.00 bits per heavy atom. The second kappa shape index (κ2) is 7.96. The van der Waals surface area contributed by atoms with E-state index in [1.165, 1.54) is 71.1 Å². The minimum absolute atomic E-state index is 0.762. The van der Waals surface area contributed by atoms with Gasteiger partial charge in [0, 0.05) is 19.1 Å². The molecule has 2 aliphatic rings. The van der Waals surface area contributed by atoms with Crippen LogP contribution in [0, 0.1) is 5.92 Å². The summed E-state index contributed by atoms with van der Waals surface area (Å²) in [6, 6.07) is 0.762. The zero-order valence-corrected chi connectivity index (χ0v) is 12.0. The lowest BCUT2D eigenvalue weighted by molar-refractivity contribution is 0.208. The van der Waals surface area contributed by atoms with Crippen molar-refractivity contribution in [3.05, 3.63) is 12.2 Å². The minimum atomic E-state index is 0.762. The molecule has 2 nitrogen and oxygen atoms in total. The highest BCUT2D eigenvalue weighted by molar-refractivity contribution is 4.86. The van der Waals surface area contributed by atoms with Gasteiger partial charge in [-0.25, -0.2) is 0 Å². The van der Waals surface area contributed by atoms with Crippen LogP contribution >= 0.6 is 0 Å². The van der Waals surface area contributed by atoms with Crippen molar-refractivity contribution >= 4 is 0 Å². The predicted octanol–water partition coefficient (Wildman–Crippen LogP) is 3.20. The lowest BCUT2D eigenvalue weighted by Crippen LogP contribution is -2.43. The van der Waals surface area contributed by atoms with E-state index >= 15 is 0 Å². The molecule has 1 atom stereocenters. The van der Waals surface area contributed by atoms with E-state index in [1.807, 2.05) is 0 Å². The van der Waals surface area contributed by atoms with Gasteiger partial charge in [0.15, 0.2) is 0 Å². The number of nitrogens with one attached hydrogen (secondary N) is 1. The first kappa shape index (κ1) is 14.1. The molecule has 0 bridgehead atoms. The lowest BCUT2D eigenvalue weighted by atomic mass is 9.83. The molecule has 2 heteroatoms. The van der Waals surface area contributed by atoms with Gasteiger partial charge in [-0.1, -0.05) is 31.4 Å². The zero-order chi connectivity index (χ0) is 12.6. The van der Waals surface area contributed by atoms with Crippen LogP contribution in [0.15, 0.2) is 12.2 Å². The summed E-state index contributed by atoms with van der Waals surface area (Å²) in [4.78, 5) is 2.68. The topological polar surface area (TPSA) is 15.3 Å². The van der Waals surface area contributed by atoms with Crippen molar-refractivity contribution in [1.82, 2.24) is 10.2 Å². The van der Waals surface area contributed by atoms with Crippen LogP contribution in [0.25, 0.3) is 0 Å². The molecule has 1 aliphatic carbocycles. The van der Waals surface area contributed by atoms with Crippen LogP contribution in [0.1, 0.15) is 51.9 Å². The Morgan fingerprint density at radius 3 is 2.78 bits per heavy atom. The number of hydrogen-bond donors (Lipinski definition) is 1. The quantitative estimate of drug-likeness (QED) is 0.771. The van der Waals surface area contributed by atoms with Crippen LogP contribution in [0.2, 0.25) is 0 Å². The fourth-order valence-electron chi connectivity index (χ4n) is 3.50. The monoisotopic (exact) mass is 250 g/mol. The molecule has 0 aromatic heterocycles. The summed E-state index contributed by atoms with van der Waals surface area (Å²) in [5.41, 5.74) is 0. The normalized spacial score (nSPS) is 28.6. The molecule has 1 heterocycles. The SMILES string of the molecule is C/C=C/CCN1CCCNC(C2CCCCC2)C1. The van der Waals surface area contributed by atoms with Gasteiger partial charge in [0.2, 0.25) is 0 Å². The smallest absolute Gasteiger partial charge is 0.0223 e. The molecule has 0 amide bonds. The molecule has 1 unspecified atom stereocenters. The van der Waals surface area contributed by atoms with Crippen molar-refractivity contribution in [3.8, 4) is 0 Å². The van der Waals surface area contributed by atoms with Crippen LogP contribution in [-0.4, -0.2) is 37.1 Å². The zero-order valence-electron chi connectivity index (χ0n) is 12.0. The van der Waals surface area contributed by atoms with Crippen molar-refractivity contribution < 1.29 is 0 Å². The molecule has 0 aromatic rings. The molecular formula is C16H30N2. The van der Waals surface area contributed by atoms with Gasteiger partial charge in [0.1, 0.15) is 0 Å². The molecule has 1 saturated heterocycles. The number of allylic oxidation sites excluding steroid dienone is 1. The van der Waals surface area contributed by atoms with Crippen molar-refractivity contribution in [2.45, 2.75) is 57.9 Å². The largest absolute Gasteiger partial charge is 0.312 e. The molecule has 1 saturated carbocycles. The Balaban J connectivity index is 1.81. The average molecular weight is 250 g/mol. The second-order valence-corrected chi connectivity index (χ2v) is 5.97. The van der Waals surface area contributed by atoms with Gasteiger partial charge in [-0.3, -0.25) is 0 Å². The van der Waals surface area contributed by atoms with E-state index in [9.17, 15) is 0 Å². The van der Waals surface area contributed by atoms with Crippen LogP contribution < -0.4 is 5.32 Å². The van der Waals surface area contributed by atoms with E-state index in [0.717, 1.165) is 12.0 Å². The highest BCUT2D eigenvalue weighted by Crippen LogP contribution is 2.27. The summed E-state index contributed by atoms with van der Waals surface area (Å²) in [5.74, 6) is 0.945. The standard InChI is InChI=1S/C16H30N2/c1-2-3-7-12-18-13-8-11-17-16(14-18)15-9-5-4-6-10-15/h2-3,15-17H,4-14H2,1H3/b3-2+. The van der Waals surface area contributed by atoms with E-state index in [2.05, 4.69) is 29.3 Å². The van der Waals surface area contributed by atoms with Crippen LogP contribution in [-0.2, 0) is 0 Å². The van der Waals surface area contributed by atoms with Gasteiger partial charge >= 0.3 is 0 Å². The third-order valence-electron chi connectivity index (χ3n) is 4.58. The summed E-state index contributed by atoms with van der Waals surface area (Å²) in [7, 11) is 0. The third-order valence-corrected chi connectivity index (χ3v) is 4.58. The second-order valence-electron chi connectivity index (χ2n) is 5.97. The highest BCUT2D eigenvalue weighted by Gasteiger charge is 2.26. The van der Waals surface area contributed by atoms with E-state index in [-0.39, 0.29) is 0 Å². The first-order valence-corrected chi connectivity index (χ1v) is 7.97. The number of nitrogens with zero attached hydrogens (tertiary/aromatic N) is 1. The Bertz CT molecular complexity index is 243. The maximum atomic E-state index is 3.81. The number of rotatable bonds is 4. The summed E-state index contributed by atoms with van der Waals surface area (Å²) >= 11 is 0. The van der Waals surface area contributed by atoms with Crippen molar-refractivity contribution in [2.24, 2.45) is 5.92 Å². The van der Waals surface area contributed by atoms with Gasteiger partial charge in [-0.15, -0.1) is 0 Å². The Kier molecular flexibility index (Phi) is 6.22. The summed E-state index contributed by atoms with van der Waals surface area (Å²) in [6.07, 6.45) is 14.3. The fraction of sp³-hybridized carbons (Fsp3) is 0.875. The molecule has 18 heavy (non-hydrogen) atoms. The third kappa shape index (κ3) is 4.40. The molecule has 0 spiro atoms. The first-order valence-electron chi connectivity index (χ1n) is 7.97. The minimum Gasteiger partial charge on any atom is -0.312 e. The van der Waals surface area contributed by atoms with Gasteiger partial charge in [0.25, 0.3) is 0 Å². The van der Waals surface area contributed by atoms with E-state index in [4.69, 9.17) is 0 Å².